The van der Waals surface area contributed by atoms with E-state index < -0.39 is 6.09 Å². The van der Waals surface area contributed by atoms with E-state index in [2.05, 4.69) is 15.9 Å². The number of fused-ring (bicyclic) bond motifs is 1. The number of benzene rings is 1. The first-order chi connectivity index (χ1) is 10.0. The van der Waals surface area contributed by atoms with Gasteiger partial charge in [0.05, 0.1) is 6.04 Å². The molecule has 1 aromatic rings. The molecule has 0 bridgehead atoms. The molecular weight excluding hydrogens is 338 g/mol. The zero-order valence-corrected chi connectivity index (χ0v) is 13.0. The van der Waals surface area contributed by atoms with Gasteiger partial charge in [0, 0.05) is 37.2 Å². The summed E-state index contributed by atoms with van der Waals surface area (Å²) in [6, 6.07) is 7.85. The van der Waals surface area contributed by atoms with Gasteiger partial charge in [-0.05, 0) is 17.7 Å². The van der Waals surface area contributed by atoms with E-state index in [1.807, 2.05) is 24.3 Å². The van der Waals surface area contributed by atoms with Gasteiger partial charge < -0.3 is 19.8 Å². The topological polar surface area (TPSA) is 64.1 Å². The third-order valence-corrected chi connectivity index (χ3v) is 4.52. The van der Waals surface area contributed by atoms with Gasteiger partial charge >= 0.3 is 12.1 Å². The Bertz CT molecular complexity index is 563. The van der Waals surface area contributed by atoms with Gasteiger partial charge in [-0.15, -0.1) is 0 Å². The van der Waals surface area contributed by atoms with Gasteiger partial charge in [-0.1, -0.05) is 28.1 Å². The summed E-state index contributed by atoms with van der Waals surface area (Å²) in [5.41, 5.74) is 1.07. The van der Waals surface area contributed by atoms with Crippen molar-refractivity contribution in [2.24, 2.45) is 0 Å². The summed E-state index contributed by atoms with van der Waals surface area (Å²) in [6.45, 7) is 2.42. The van der Waals surface area contributed by atoms with Crippen molar-refractivity contribution in [1.82, 2.24) is 14.7 Å². The molecule has 0 spiro atoms. The molecule has 2 saturated heterocycles. The maximum Gasteiger partial charge on any atom is 0.407 e. The predicted octanol–water partition coefficient (Wildman–Crippen LogP) is 2.05. The normalized spacial score (nSPS) is 21.7. The molecule has 1 unspecified atom stereocenters. The molecule has 0 radical (unpaired) electrons. The largest absolute Gasteiger partial charge is 0.465 e. The second-order valence-corrected chi connectivity index (χ2v) is 6.28. The van der Waals surface area contributed by atoms with Crippen LogP contribution < -0.4 is 0 Å². The highest BCUT2D eigenvalue weighted by molar-refractivity contribution is 9.10. The highest BCUT2D eigenvalue weighted by Crippen LogP contribution is 2.23. The quantitative estimate of drug-likeness (QED) is 0.884. The standard InChI is InChI=1S/C14H16BrN3O3/c15-11-3-1-10(2-4-11)7-17-9-12-8-16(14(20)21)5-6-18(12)13(17)19/h1-4,12H,5-9H2,(H,20,21). The van der Waals surface area contributed by atoms with E-state index in [-0.39, 0.29) is 12.1 Å². The average Bonchev–Trinajstić information content (AvgIpc) is 2.77. The van der Waals surface area contributed by atoms with Crippen molar-refractivity contribution in [2.45, 2.75) is 12.6 Å². The fourth-order valence-corrected chi connectivity index (χ4v) is 3.16. The summed E-state index contributed by atoms with van der Waals surface area (Å²) in [5, 5.41) is 9.06. The number of halogens is 1. The van der Waals surface area contributed by atoms with Crippen molar-refractivity contribution in [1.29, 1.82) is 0 Å². The smallest absolute Gasteiger partial charge is 0.407 e. The number of hydrogen-bond donors (Lipinski definition) is 1. The minimum atomic E-state index is -0.909. The molecule has 2 aliphatic rings. The minimum absolute atomic E-state index is 0.00737. The molecule has 0 aliphatic carbocycles. The van der Waals surface area contributed by atoms with Crippen LogP contribution in [0.25, 0.3) is 0 Å². The maximum absolute atomic E-state index is 12.4. The second-order valence-electron chi connectivity index (χ2n) is 5.37. The SMILES string of the molecule is O=C(O)N1CCN2C(=O)N(Cc3ccc(Br)cc3)CC2C1. The zero-order chi connectivity index (χ0) is 15.0. The number of carbonyl (C=O) groups excluding carboxylic acids is 1. The molecule has 7 heteroatoms. The molecule has 1 atom stereocenters. The van der Waals surface area contributed by atoms with E-state index >= 15 is 0 Å². The molecule has 1 aromatic carbocycles. The molecule has 0 aromatic heterocycles. The highest BCUT2D eigenvalue weighted by atomic mass is 79.9. The van der Waals surface area contributed by atoms with Crippen LogP contribution in [0.4, 0.5) is 9.59 Å². The highest BCUT2D eigenvalue weighted by Gasteiger charge is 2.41. The fraction of sp³-hybridized carbons (Fsp3) is 0.429. The number of carbonyl (C=O) groups is 2. The molecule has 2 aliphatic heterocycles. The molecule has 3 rings (SSSR count). The molecule has 3 amide bonds. The van der Waals surface area contributed by atoms with E-state index in [9.17, 15) is 9.59 Å². The van der Waals surface area contributed by atoms with Gasteiger partial charge in [0.25, 0.3) is 0 Å². The maximum atomic E-state index is 12.4. The number of rotatable bonds is 2. The van der Waals surface area contributed by atoms with Gasteiger partial charge in [-0.25, -0.2) is 9.59 Å². The van der Waals surface area contributed by atoms with Crippen LogP contribution >= 0.6 is 15.9 Å². The predicted molar refractivity (Wildman–Crippen MR) is 80.0 cm³/mol. The van der Waals surface area contributed by atoms with Gasteiger partial charge in [-0.2, -0.15) is 0 Å². The van der Waals surface area contributed by atoms with Gasteiger partial charge in [-0.3, -0.25) is 0 Å². The Morgan fingerprint density at radius 1 is 1.24 bits per heavy atom. The monoisotopic (exact) mass is 353 g/mol. The van der Waals surface area contributed by atoms with Crippen molar-refractivity contribution in [3.05, 3.63) is 34.3 Å². The molecule has 2 fully saturated rings. The lowest BCUT2D eigenvalue weighted by Gasteiger charge is -2.34. The van der Waals surface area contributed by atoms with Gasteiger partial charge in [0.1, 0.15) is 0 Å². The van der Waals surface area contributed by atoms with Crippen LogP contribution in [0.3, 0.4) is 0 Å². The first-order valence-corrected chi connectivity index (χ1v) is 7.62. The number of amides is 3. The summed E-state index contributed by atoms with van der Waals surface area (Å²) in [7, 11) is 0. The van der Waals surface area contributed by atoms with Crippen molar-refractivity contribution in [3.63, 3.8) is 0 Å². The Labute approximate surface area is 131 Å². The molecule has 6 nitrogen and oxygen atoms in total. The average molecular weight is 354 g/mol. The Morgan fingerprint density at radius 3 is 2.62 bits per heavy atom. The molecular formula is C14H16BrN3O3. The summed E-state index contributed by atoms with van der Waals surface area (Å²) in [5.74, 6) is 0. The third-order valence-electron chi connectivity index (χ3n) is 3.99. The lowest BCUT2D eigenvalue weighted by molar-refractivity contribution is 0.0996. The van der Waals surface area contributed by atoms with Crippen LogP contribution in [-0.4, -0.2) is 64.2 Å². The van der Waals surface area contributed by atoms with Crippen LogP contribution in [0.1, 0.15) is 5.56 Å². The fourth-order valence-electron chi connectivity index (χ4n) is 2.89. The molecule has 0 saturated carbocycles. The van der Waals surface area contributed by atoms with E-state index in [0.717, 1.165) is 10.0 Å². The number of piperazine rings is 1. The van der Waals surface area contributed by atoms with Crippen LogP contribution in [0.5, 0.6) is 0 Å². The first-order valence-electron chi connectivity index (χ1n) is 6.82. The zero-order valence-electron chi connectivity index (χ0n) is 11.4. The van der Waals surface area contributed by atoms with E-state index in [4.69, 9.17) is 5.11 Å². The van der Waals surface area contributed by atoms with E-state index in [1.54, 1.807) is 9.80 Å². The number of carboxylic acid groups (broad SMARTS) is 1. The minimum Gasteiger partial charge on any atom is -0.465 e. The van der Waals surface area contributed by atoms with E-state index in [0.29, 0.717) is 32.7 Å². The van der Waals surface area contributed by atoms with E-state index in [1.165, 1.54) is 4.90 Å². The third kappa shape index (κ3) is 2.83. The summed E-state index contributed by atoms with van der Waals surface area (Å²) < 4.78 is 1.01. The summed E-state index contributed by atoms with van der Waals surface area (Å²) in [4.78, 5) is 28.4. The Hall–Kier alpha value is -1.76. The van der Waals surface area contributed by atoms with Crippen molar-refractivity contribution in [3.8, 4) is 0 Å². The lowest BCUT2D eigenvalue weighted by atomic mass is 10.2. The Morgan fingerprint density at radius 2 is 1.95 bits per heavy atom. The van der Waals surface area contributed by atoms with Crippen molar-refractivity contribution in [2.75, 3.05) is 26.2 Å². The van der Waals surface area contributed by atoms with Crippen molar-refractivity contribution < 1.29 is 14.7 Å². The Kier molecular flexibility index (Phi) is 3.75. The second kappa shape index (κ2) is 5.55. The van der Waals surface area contributed by atoms with Gasteiger partial charge in [0.2, 0.25) is 0 Å². The number of hydrogen-bond acceptors (Lipinski definition) is 2. The van der Waals surface area contributed by atoms with Crippen LogP contribution in [0, 0.1) is 0 Å². The van der Waals surface area contributed by atoms with Crippen LogP contribution in [-0.2, 0) is 6.54 Å². The van der Waals surface area contributed by atoms with Gasteiger partial charge in [0.15, 0.2) is 0 Å². The number of urea groups is 1. The lowest BCUT2D eigenvalue weighted by Crippen LogP contribution is -2.53. The molecule has 2 heterocycles. The molecule has 1 N–H and O–H groups in total. The van der Waals surface area contributed by atoms with Crippen LogP contribution in [0.15, 0.2) is 28.7 Å². The first kappa shape index (κ1) is 14.2. The summed E-state index contributed by atoms with van der Waals surface area (Å²) in [6.07, 6.45) is -0.909. The molecule has 21 heavy (non-hydrogen) atoms. The van der Waals surface area contributed by atoms with Crippen LogP contribution in [0.2, 0.25) is 0 Å². The van der Waals surface area contributed by atoms with Crippen molar-refractivity contribution >= 4 is 28.1 Å². The number of nitrogens with zero attached hydrogens (tertiary/aromatic N) is 3. The molecule has 112 valence electrons. The summed E-state index contributed by atoms with van der Waals surface area (Å²) >= 11 is 3.39. The Balaban J connectivity index is 1.68.